The summed E-state index contributed by atoms with van der Waals surface area (Å²) < 4.78 is 13.7. The van der Waals surface area contributed by atoms with Gasteiger partial charge < -0.3 is 10.8 Å². The minimum Gasteiger partial charge on any atom is -0.394 e. The van der Waals surface area contributed by atoms with Crippen LogP contribution < -0.4 is 5.73 Å². The lowest BCUT2D eigenvalue weighted by molar-refractivity contribution is 0.208. The normalized spacial score (nSPS) is 15.2. The van der Waals surface area contributed by atoms with Crippen LogP contribution in [0.25, 0.3) is 0 Å². The summed E-state index contributed by atoms with van der Waals surface area (Å²) in [5.41, 5.74) is 5.83. The molecule has 0 aliphatic rings. The Morgan fingerprint density at radius 1 is 1.57 bits per heavy atom. The molecule has 4 heteroatoms. The van der Waals surface area contributed by atoms with Crippen molar-refractivity contribution < 1.29 is 9.50 Å². The van der Waals surface area contributed by atoms with Crippen molar-refractivity contribution in [2.45, 2.75) is 18.9 Å². The first kappa shape index (κ1) is 11.6. The lowest BCUT2D eigenvalue weighted by Crippen LogP contribution is -2.42. The number of benzene rings is 1. The molecular formula is C10H13BrFNO. The third-order valence-electron chi connectivity index (χ3n) is 1.96. The number of aliphatic hydroxyl groups is 1. The van der Waals surface area contributed by atoms with Gasteiger partial charge in [0, 0.05) is 10.0 Å². The zero-order valence-electron chi connectivity index (χ0n) is 7.93. The van der Waals surface area contributed by atoms with Gasteiger partial charge in [0.1, 0.15) is 5.82 Å². The van der Waals surface area contributed by atoms with Crippen LogP contribution >= 0.6 is 15.9 Å². The zero-order chi connectivity index (χ0) is 10.8. The molecule has 0 aliphatic heterocycles. The largest absolute Gasteiger partial charge is 0.394 e. The molecule has 14 heavy (non-hydrogen) atoms. The molecule has 0 fully saturated rings. The Kier molecular flexibility index (Phi) is 3.64. The van der Waals surface area contributed by atoms with Gasteiger partial charge in [-0.1, -0.05) is 15.9 Å². The molecule has 0 spiro atoms. The van der Waals surface area contributed by atoms with Crippen molar-refractivity contribution in [1.82, 2.24) is 0 Å². The van der Waals surface area contributed by atoms with E-state index in [4.69, 9.17) is 10.8 Å². The molecular weight excluding hydrogens is 249 g/mol. The average Bonchev–Trinajstić information content (AvgIpc) is 2.11. The quantitative estimate of drug-likeness (QED) is 0.873. The smallest absolute Gasteiger partial charge is 0.123 e. The van der Waals surface area contributed by atoms with Crippen LogP contribution in [0, 0.1) is 5.82 Å². The molecule has 2 nitrogen and oxygen atoms in total. The Hall–Kier alpha value is -0.450. The van der Waals surface area contributed by atoms with Gasteiger partial charge in [0.05, 0.1) is 6.61 Å². The summed E-state index contributed by atoms with van der Waals surface area (Å²) in [4.78, 5) is 0. The number of halogens is 2. The maximum atomic E-state index is 12.9. The topological polar surface area (TPSA) is 46.2 Å². The Labute approximate surface area is 91.1 Å². The van der Waals surface area contributed by atoms with Crippen LogP contribution in [0.2, 0.25) is 0 Å². The van der Waals surface area contributed by atoms with Gasteiger partial charge in [0.15, 0.2) is 0 Å². The predicted molar refractivity (Wildman–Crippen MR) is 57.5 cm³/mol. The highest BCUT2D eigenvalue weighted by molar-refractivity contribution is 9.10. The molecule has 0 heterocycles. The van der Waals surface area contributed by atoms with Crippen molar-refractivity contribution in [3.8, 4) is 0 Å². The van der Waals surface area contributed by atoms with Crippen molar-refractivity contribution in [3.05, 3.63) is 34.1 Å². The summed E-state index contributed by atoms with van der Waals surface area (Å²) in [6, 6.07) is 4.43. The van der Waals surface area contributed by atoms with E-state index in [1.165, 1.54) is 12.1 Å². The summed E-state index contributed by atoms with van der Waals surface area (Å²) in [5.74, 6) is -0.295. The fourth-order valence-corrected chi connectivity index (χ4v) is 1.56. The van der Waals surface area contributed by atoms with Crippen LogP contribution in [0.1, 0.15) is 12.5 Å². The van der Waals surface area contributed by atoms with Crippen molar-refractivity contribution in [3.63, 3.8) is 0 Å². The van der Waals surface area contributed by atoms with E-state index in [0.717, 1.165) is 10.0 Å². The standard InChI is InChI=1S/C10H13BrFNO/c1-10(13,6-14)5-7-4-8(12)2-3-9(7)11/h2-4,14H,5-6,13H2,1H3. The molecule has 0 radical (unpaired) electrons. The lowest BCUT2D eigenvalue weighted by atomic mass is 9.95. The first-order chi connectivity index (χ1) is 6.44. The molecule has 0 bridgehead atoms. The fraction of sp³-hybridized carbons (Fsp3) is 0.400. The molecule has 1 aromatic carbocycles. The minimum atomic E-state index is -0.712. The Morgan fingerprint density at radius 2 is 2.21 bits per heavy atom. The van der Waals surface area contributed by atoms with Gasteiger partial charge in [0.2, 0.25) is 0 Å². The average molecular weight is 262 g/mol. The highest BCUT2D eigenvalue weighted by Gasteiger charge is 2.19. The van der Waals surface area contributed by atoms with Crippen LogP contribution in [0.5, 0.6) is 0 Å². The molecule has 1 atom stereocenters. The van der Waals surface area contributed by atoms with Crippen LogP contribution in [-0.2, 0) is 6.42 Å². The molecule has 78 valence electrons. The second-order valence-corrected chi connectivity index (χ2v) is 4.58. The summed E-state index contributed by atoms with van der Waals surface area (Å²) in [6.45, 7) is 1.60. The van der Waals surface area contributed by atoms with E-state index in [-0.39, 0.29) is 12.4 Å². The molecule has 1 unspecified atom stereocenters. The number of hydrogen-bond donors (Lipinski definition) is 2. The van der Waals surface area contributed by atoms with Gasteiger partial charge in [0.25, 0.3) is 0 Å². The molecule has 0 aromatic heterocycles. The van der Waals surface area contributed by atoms with Crippen LogP contribution in [-0.4, -0.2) is 17.3 Å². The number of aliphatic hydroxyl groups excluding tert-OH is 1. The van der Waals surface area contributed by atoms with E-state index in [0.29, 0.717) is 6.42 Å². The maximum absolute atomic E-state index is 12.9. The Bertz CT molecular complexity index is 328. The fourth-order valence-electron chi connectivity index (χ4n) is 1.17. The predicted octanol–water partition coefficient (Wildman–Crippen LogP) is 1.84. The molecule has 0 amide bonds. The second-order valence-electron chi connectivity index (χ2n) is 3.72. The summed E-state index contributed by atoms with van der Waals surface area (Å²) in [5, 5.41) is 8.98. The van der Waals surface area contributed by atoms with Crippen molar-refractivity contribution in [2.75, 3.05) is 6.61 Å². The van der Waals surface area contributed by atoms with Gasteiger partial charge in [-0.3, -0.25) is 0 Å². The summed E-state index contributed by atoms with van der Waals surface area (Å²) in [6.07, 6.45) is 0.432. The zero-order valence-corrected chi connectivity index (χ0v) is 9.51. The van der Waals surface area contributed by atoms with E-state index in [2.05, 4.69) is 15.9 Å². The minimum absolute atomic E-state index is 0.129. The van der Waals surface area contributed by atoms with Crippen LogP contribution in [0.4, 0.5) is 4.39 Å². The number of nitrogens with two attached hydrogens (primary N) is 1. The van der Waals surface area contributed by atoms with Crippen molar-refractivity contribution in [1.29, 1.82) is 0 Å². The van der Waals surface area contributed by atoms with Gasteiger partial charge in [-0.05, 0) is 37.1 Å². The summed E-state index contributed by atoms with van der Waals surface area (Å²) in [7, 11) is 0. The van der Waals surface area contributed by atoms with Gasteiger partial charge in [-0.15, -0.1) is 0 Å². The lowest BCUT2D eigenvalue weighted by Gasteiger charge is -2.22. The molecule has 0 saturated carbocycles. The van der Waals surface area contributed by atoms with E-state index in [1.54, 1.807) is 13.0 Å². The Morgan fingerprint density at radius 3 is 2.79 bits per heavy atom. The molecule has 0 aliphatic carbocycles. The monoisotopic (exact) mass is 261 g/mol. The third kappa shape index (κ3) is 3.04. The van der Waals surface area contributed by atoms with Gasteiger partial charge >= 0.3 is 0 Å². The van der Waals surface area contributed by atoms with E-state index >= 15 is 0 Å². The Balaban J connectivity index is 2.91. The van der Waals surface area contributed by atoms with E-state index in [1.807, 2.05) is 0 Å². The molecule has 1 rings (SSSR count). The third-order valence-corrected chi connectivity index (χ3v) is 2.74. The number of rotatable bonds is 3. The maximum Gasteiger partial charge on any atom is 0.123 e. The number of hydrogen-bond acceptors (Lipinski definition) is 2. The second kappa shape index (κ2) is 4.38. The molecule has 1 aromatic rings. The van der Waals surface area contributed by atoms with E-state index < -0.39 is 5.54 Å². The van der Waals surface area contributed by atoms with E-state index in [9.17, 15) is 4.39 Å². The van der Waals surface area contributed by atoms with Gasteiger partial charge in [-0.2, -0.15) is 0 Å². The SMILES string of the molecule is CC(N)(CO)Cc1cc(F)ccc1Br. The first-order valence-electron chi connectivity index (χ1n) is 4.28. The van der Waals surface area contributed by atoms with Gasteiger partial charge in [-0.25, -0.2) is 4.39 Å². The van der Waals surface area contributed by atoms with Crippen molar-refractivity contribution >= 4 is 15.9 Å². The highest BCUT2D eigenvalue weighted by atomic mass is 79.9. The van der Waals surface area contributed by atoms with Crippen LogP contribution in [0.15, 0.2) is 22.7 Å². The first-order valence-corrected chi connectivity index (χ1v) is 5.07. The van der Waals surface area contributed by atoms with Crippen molar-refractivity contribution in [2.24, 2.45) is 5.73 Å². The summed E-state index contributed by atoms with van der Waals surface area (Å²) >= 11 is 3.31. The van der Waals surface area contributed by atoms with Crippen LogP contribution in [0.3, 0.4) is 0 Å². The molecule has 3 N–H and O–H groups in total. The molecule has 0 saturated heterocycles. The highest BCUT2D eigenvalue weighted by Crippen LogP contribution is 2.21.